The van der Waals surface area contributed by atoms with Crippen molar-refractivity contribution >= 4 is 11.7 Å². The molecular weight excluding hydrogens is 192 g/mol. The number of fused-ring (bicyclic) bond motifs is 1. The van der Waals surface area contributed by atoms with Crippen LogP contribution in [0.15, 0.2) is 24.8 Å². The van der Waals surface area contributed by atoms with Crippen LogP contribution >= 0.6 is 0 Å². The standard InChI is InChI=1S/C11H12N2O2/c1-3-10(14)13-7-6-8-4-5-9(15-2)12-11(8)13/h3-5H,1,6-7H2,2H3. The van der Waals surface area contributed by atoms with Crippen LogP contribution in [0.4, 0.5) is 5.82 Å². The van der Waals surface area contributed by atoms with Crippen molar-refractivity contribution in [1.29, 1.82) is 0 Å². The van der Waals surface area contributed by atoms with Gasteiger partial charge in [-0.15, -0.1) is 0 Å². The Morgan fingerprint density at radius 3 is 3.13 bits per heavy atom. The van der Waals surface area contributed by atoms with Gasteiger partial charge in [0, 0.05) is 12.6 Å². The van der Waals surface area contributed by atoms with Gasteiger partial charge in [-0.3, -0.25) is 9.69 Å². The number of pyridine rings is 1. The minimum Gasteiger partial charge on any atom is -0.481 e. The summed E-state index contributed by atoms with van der Waals surface area (Å²) >= 11 is 0. The second kappa shape index (κ2) is 3.73. The number of hydrogen-bond donors (Lipinski definition) is 0. The summed E-state index contributed by atoms with van der Waals surface area (Å²) in [7, 11) is 1.56. The molecule has 0 atom stereocenters. The number of amides is 1. The summed E-state index contributed by atoms with van der Waals surface area (Å²) in [5.41, 5.74) is 1.08. The minimum absolute atomic E-state index is 0.116. The number of methoxy groups -OCH3 is 1. The molecule has 4 heteroatoms. The molecule has 15 heavy (non-hydrogen) atoms. The number of nitrogens with zero attached hydrogens (tertiary/aromatic N) is 2. The third-order valence-electron chi connectivity index (χ3n) is 2.44. The monoisotopic (exact) mass is 204 g/mol. The van der Waals surface area contributed by atoms with Gasteiger partial charge in [0.1, 0.15) is 5.82 Å². The zero-order chi connectivity index (χ0) is 10.8. The average molecular weight is 204 g/mol. The third-order valence-corrected chi connectivity index (χ3v) is 2.44. The topological polar surface area (TPSA) is 42.4 Å². The van der Waals surface area contributed by atoms with Gasteiger partial charge in [-0.2, -0.15) is 4.98 Å². The fourth-order valence-corrected chi connectivity index (χ4v) is 1.67. The summed E-state index contributed by atoms with van der Waals surface area (Å²) in [5.74, 6) is 1.10. The van der Waals surface area contributed by atoms with Gasteiger partial charge in [-0.05, 0) is 24.1 Å². The Bertz CT molecular complexity index is 415. The number of carbonyl (C=O) groups is 1. The predicted octanol–water partition coefficient (Wildman–Crippen LogP) is 1.17. The second-order valence-electron chi connectivity index (χ2n) is 3.28. The molecule has 2 heterocycles. The van der Waals surface area contributed by atoms with E-state index >= 15 is 0 Å². The van der Waals surface area contributed by atoms with Crippen LogP contribution in [-0.4, -0.2) is 24.5 Å². The lowest BCUT2D eigenvalue weighted by molar-refractivity contribution is -0.114. The molecule has 4 nitrogen and oxygen atoms in total. The van der Waals surface area contributed by atoms with E-state index in [0.29, 0.717) is 18.2 Å². The number of ether oxygens (including phenoxy) is 1. The number of anilines is 1. The zero-order valence-electron chi connectivity index (χ0n) is 8.56. The molecule has 1 aromatic heterocycles. The molecular formula is C11H12N2O2. The van der Waals surface area contributed by atoms with E-state index in [2.05, 4.69) is 11.6 Å². The maximum absolute atomic E-state index is 11.5. The first-order valence-electron chi connectivity index (χ1n) is 4.74. The highest BCUT2D eigenvalue weighted by Crippen LogP contribution is 2.27. The van der Waals surface area contributed by atoms with Crippen molar-refractivity contribution < 1.29 is 9.53 Å². The number of aromatic nitrogens is 1. The molecule has 0 saturated heterocycles. The van der Waals surface area contributed by atoms with E-state index in [1.807, 2.05) is 6.07 Å². The summed E-state index contributed by atoms with van der Waals surface area (Å²) in [6, 6.07) is 3.75. The van der Waals surface area contributed by atoms with Gasteiger partial charge >= 0.3 is 0 Å². The molecule has 0 radical (unpaired) electrons. The van der Waals surface area contributed by atoms with Gasteiger partial charge in [-0.25, -0.2) is 0 Å². The zero-order valence-corrected chi connectivity index (χ0v) is 8.56. The Balaban J connectivity index is 2.39. The minimum atomic E-state index is -0.116. The highest BCUT2D eigenvalue weighted by Gasteiger charge is 2.24. The Morgan fingerprint density at radius 1 is 1.67 bits per heavy atom. The predicted molar refractivity (Wildman–Crippen MR) is 57.0 cm³/mol. The lowest BCUT2D eigenvalue weighted by Crippen LogP contribution is -2.27. The molecule has 0 aromatic carbocycles. The van der Waals surface area contributed by atoms with Crippen LogP contribution in [-0.2, 0) is 11.2 Å². The Morgan fingerprint density at radius 2 is 2.47 bits per heavy atom. The molecule has 2 rings (SSSR count). The fourth-order valence-electron chi connectivity index (χ4n) is 1.67. The average Bonchev–Trinajstić information content (AvgIpc) is 2.70. The molecule has 1 amide bonds. The van der Waals surface area contributed by atoms with Crippen molar-refractivity contribution in [2.75, 3.05) is 18.6 Å². The summed E-state index contributed by atoms with van der Waals surface area (Å²) in [5, 5.41) is 0. The molecule has 0 saturated carbocycles. The van der Waals surface area contributed by atoms with Crippen molar-refractivity contribution in [2.45, 2.75) is 6.42 Å². The van der Waals surface area contributed by atoms with Gasteiger partial charge in [0.15, 0.2) is 0 Å². The molecule has 1 aliphatic heterocycles. The van der Waals surface area contributed by atoms with Gasteiger partial charge < -0.3 is 4.74 Å². The molecule has 0 unspecified atom stereocenters. The van der Waals surface area contributed by atoms with Crippen LogP contribution in [0.1, 0.15) is 5.56 Å². The molecule has 0 N–H and O–H groups in total. The second-order valence-corrected chi connectivity index (χ2v) is 3.28. The van der Waals surface area contributed by atoms with Crippen LogP contribution in [0, 0.1) is 0 Å². The van der Waals surface area contributed by atoms with E-state index < -0.39 is 0 Å². The first-order chi connectivity index (χ1) is 7.26. The maximum atomic E-state index is 11.5. The largest absolute Gasteiger partial charge is 0.481 e. The third kappa shape index (κ3) is 1.58. The van der Waals surface area contributed by atoms with E-state index in [-0.39, 0.29) is 5.91 Å². The molecule has 0 spiro atoms. The number of carbonyl (C=O) groups excluding carboxylic acids is 1. The highest BCUT2D eigenvalue weighted by molar-refractivity contribution is 6.01. The SMILES string of the molecule is C=CC(=O)N1CCc2ccc(OC)nc21. The van der Waals surface area contributed by atoms with Crippen LogP contribution in [0.25, 0.3) is 0 Å². The number of rotatable bonds is 2. The van der Waals surface area contributed by atoms with Crippen LogP contribution in [0.3, 0.4) is 0 Å². The van der Waals surface area contributed by atoms with Crippen molar-refractivity contribution in [1.82, 2.24) is 4.98 Å². The van der Waals surface area contributed by atoms with Crippen LogP contribution in [0.2, 0.25) is 0 Å². The Hall–Kier alpha value is -1.84. The van der Waals surface area contributed by atoms with Crippen LogP contribution < -0.4 is 9.64 Å². The first kappa shape index (κ1) is 9.71. The van der Waals surface area contributed by atoms with Gasteiger partial charge in [0.2, 0.25) is 5.88 Å². The van der Waals surface area contributed by atoms with E-state index in [0.717, 1.165) is 12.0 Å². The molecule has 1 aromatic rings. The summed E-state index contributed by atoms with van der Waals surface area (Å²) in [4.78, 5) is 17.4. The molecule has 0 aliphatic carbocycles. The van der Waals surface area contributed by atoms with Gasteiger partial charge in [-0.1, -0.05) is 6.58 Å². The van der Waals surface area contributed by atoms with Crippen molar-refractivity contribution in [3.05, 3.63) is 30.4 Å². The summed E-state index contributed by atoms with van der Waals surface area (Å²) in [6.45, 7) is 4.14. The smallest absolute Gasteiger partial charge is 0.251 e. The lowest BCUT2D eigenvalue weighted by atomic mass is 10.2. The van der Waals surface area contributed by atoms with E-state index in [1.54, 1.807) is 18.1 Å². The van der Waals surface area contributed by atoms with Crippen molar-refractivity contribution in [3.63, 3.8) is 0 Å². The summed E-state index contributed by atoms with van der Waals surface area (Å²) < 4.78 is 5.03. The number of hydrogen-bond acceptors (Lipinski definition) is 3. The molecule has 1 aliphatic rings. The summed E-state index contributed by atoms with van der Waals surface area (Å²) in [6.07, 6.45) is 2.14. The van der Waals surface area contributed by atoms with Crippen molar-refractivity contribution in [3.8, 4) is 5.88 Å². The maximum Gasteiger partial charge on any atom is 0.251 e. The Kier molecular flexibility index (Phi) is 2.41. The molecule has 0 bridgehead atoms. The molecule has 78 valence electrons. The van der Waals surface area contributed by atoms with Crippen LogP contribution in [0.5, 0.6) is 5.88 Å². The van der Waals surface area contributed by atoms with E-state index in [1.165, 1.54) is 6.08 Å². The van der Waals surface area contributed by atoms with Crippen molar-refractivity contribution in [2.24, 2.45) is 0 Å². The van der Waals surface area contributed by atoms with Gasteiger partial charge in [0.05, 0.1) is 7.11 Å². The molecule has 0 fully saturated rings. The lowest BCUT2D eigenvalue weighted by Gasteiger charge is -2.13. The first-order valence-corrected chi connectivity index (χ1v) is 4.74. The fraction of sp³-hybridized carbons (Fsp3) is 0.273. The Labute approximate surface area is 88.2 Å². The normalized spacial score (nSPS) is 13.5. The van der Waals surface area contributed by atoms with Gasteiger partial charge in [0.25, 0.3) is 5.91 Å². The quantitative estimate of drug-likeness (QED) is 0.679. The van der Waals surface area contributed by atoms with E-state index in [9.17, 15) is 4.79 Å². The van der Waals surface area contributed by atoms with E-state index in [4.69, 9.17) is 4.74 Å². The highest BCUT2D eigenvalue weighted by atomic mass is 16.5.